The molecular weight excluding hydrogens is 328 g/mol. The van der Waals surface area contributed by atoms with Crippen molar-refractivity contribution < 1.29 is 9.26 Å². The van der Waals surface area contributed by atoms with E-state index in [0.717, 1.165) is 24.0 Å². The molecule has 3 aromatic rings. The third kappa shape index (κ3) is 2.80. The average Bonchev–Trinajstić information content (AvgIpc) is 3.32. The summed E-state index contributed by atoms with van der Waals surface area (Å²) < 4.78 is 11.0. The van der Waals surface area contributed by atoms with Gasteiger partial charge in [0.2, 0.25) is 0 Å². The van der Waals surface area contributed by atoms with Gasteiger partial charge in [-0.15, -0.1) is 0 Å². The van der Waals surface area contributed by atoms with Gasteiger partial charge >= 0.3 is 0 Å². The molecule has 0 amide bonds. The van der Waals surface area contributed by atoms with Gasteiger partial charge in [-0.05, 0) is 54.3 Å². The van der Waals surface area contributed by atoms with Gasteiger partial charge < -0.3 is 15.0 Å². The van der Waals surface area contributed by atoms with E-state index in [-0.39, 0.29) is 11.8 Å². The fraction of sp³-hybridized carbons (Fsp3) is 0.150. The van der Waals surface area contributed by atoms with Crippen molar-refractivity contribution in [3.8, 4) is 11.8 Å². The molecule has 6 heteroatoms. The second-order valence-electron chi connectivity index (χ2n) is 6.21. The highest BCUT2D eigenvalue weighted by molar-refractivity contribution is 6.13. The molecule has 1 aromatic heterocycles. The summed E-state index contributed by atoms with van der Waals surface area (Å²) >= 11 is 0. The third-order valence-corrected chi connectivity index (χ3v) is 4.59. The minimum Gasteiger partial charge on any atom is -0.486 e. The van der Waals surface area contributed by atoms with Crippen LogP contribution in [0.5, 0.6) is 5.75 Å². The first-order valence-electron chi connectivity index (χ1n) is 8.23. The lowest BCUT2D eigenvalue weighted by Crippen LogP contribution is -2.07. The molecule has 0 fully saturated rings. The van der Waals surface area contributed by atoms with Crippen LogP contribution in [0.3, 0.4) is 0 Å². The van der Waals surface area contributed by atoms with Gasteiger partial charge in [-0.25, -0.2) is 0 Å². The smallest absolute Gasteiger partial charge is 0.133 e. The molecule has 1 aliphatic rings. The van der Waals surface area contributed by atoms with Crippen LogP contribution in [0.15, 0.2) is 53.4 Å². The van der Waals surface area contributed by atoms with Crippen molar-refractivity contribution in [1.82, 2.24) is 5.16 Å². The summed E-state index contributed by atoms with van der Waals surface area (Å²) in [6.45, 7) is 0. The molecule has 1 atom stereocenters. The lowest BCUT2D eigenvalue weighted by Gasteiger charge is -2.16. The zero-order valence-electron chi connectivity index (χ0n) is 13.9. The molecule has 2 aromatic carbocycles. The molecule has 0 bridgehead atoms. The summed E-state index contributed by atoms with van der Waals surface area (Å²) in [5, 5.41) is 21.0. The number of ether oxygens (including phenoxy) is 1. The second-order valence-corrected chi connectivity index (χ2v) is 6.21. The lowest BCUT2D eigenvalue weighted by atomic mass is 10.0. The van der Waals surface area contributed by atoms with Crippen molar-refractivity contribution in [2.45, 2.75) is 18.9 Å². The molecule has 6 nitrogen and oxygen atoms in total. The van der Waals surface area contributed by atoms with Gasteiger partial charge in [0.15, 0.2) is 0 Å². The first-order valence-corrected chi connectivity index (χ1v) is 8.23. The number of nitriles is 1. The van der Waals surface area contributed by atoms with E-state index in [2.05, 4.69) is 11.2 Å². The standard InChI is InChI=1S/C20H16N4O2/c21-9-12-1-4-16-13(7-12)2-6-19(16)26-15-3-5-18(22)17(8-15)20(23)14-10-24-25-11-14/h1,3-5,7-8,10-11,19,23H,2,6,22H2. The molecule has 26 heavy (non-hydrogen) atoms. The van der Waals surface area contributed by atoms with E-state index in [9.17, 15) is 0 Å². The van der Waals surface area contributed by atoms with Crippen molar-refractivity contribution in [2.75, 3.05) is 5.73 Å². The van der Waals surface area contributed by atoms with E-state index in [4.69, 9.17) is 25.7 Å². The number of hydrogen-bond acceptors (Lipinski definition) is 6. The van der Waals surface area contributed by atoms with Crippen molar-refractivity contribution in [3.63, 3.8) is 0 Å². The predicted molar refractivity (Wildman–Crippen MR) is 96.1 cm³/mol. The van der Waals surface area contributed by atoms with Gasteiger partial charge in [0.1, 0.15) is 18.1 Å². The molecule has 0 spiro atoms. The van der Waals surface area contributed by atoms with Gasteiger partial charge in [-0.3, -0.25) is 5.41 Å². The molecule has 3 N–H and O–H groups in total. The number of fused-ring (bicyclic) bond motifs is 1. The van der Waals surface area contributed by atoms with Crippen LogP contribution in [0.1, 0.15) is 40.3 Å². The summed E-state index contributed by atoms with van der Waals surface area (Å²) in [7, 11) is 0. The van der Waals surface area contributed by atoms with E-state index in [1.165, 1.54) is 12.5 Å². The third-order valence-electron chi connectivity index (χ3n) is 4.59. The summed E-state index contributed by atoms with van der Waals surface area (Å²) in [6, 6.07) is 13.2. The van der Waals surface area contributed by atoms with Crippen LogP contribution in [0.4, 0.5) is 5.69 Å². The Labute approximate surface area is 150 Å². The molecule has 4 rings (SSSR count). The van der Waals surface area contributed by atoms with E-state index >= 15 is 0 Å². The monoisotopic (exact) mass is 344 g/mol. The van der Waals surface area contributed by atoms with Crippen molar-refractivity contribution >= 4 is 11.4 Å². The first-order chi connectivity index (χ1) is 12.7. The highest BCUT2D eigenvalue weighted by atomic mass is 16.5. The summed E-state index contributed by atoms with van der Waals surface area (Å²) in [6.07, 6.45) is 4.56. The number of nitrogens with one attached hydrogen (secondary N) is 1. The number of benzene rings is 2. The summed E-state index contributed by atoms with van der Waals surface area (Å²) in [5.74, 6) is 0.651. The number of hydrogen-bond donors (Lipinski definition) is 2. The highest BCUT2D eigenvalue weighted by Gasteiger charge is 2.24. The maximum atomic E-state index is 9.03. The Kier molecular flexibility index (Phi) is 3.90. The maximum Gasteiger partial charge on any atom is 0.133 e. The molecule has 0 saturated heterocycles. The largest absolute Gasteiger partial charge is 0.486 e. The Balaban J connectivity index is 1.60. The zero-order chi connectivity index (χ0) is 18.1. The average molecular weight is 344 g/mol. The zero-order valence-corrected chi connectivity index (χ0v) is 13.9. The fourth-order valence-electron chi connectivity index (χ4n) is 3.24. The minimum atomic E-state index is -0.0704. The van der Waals surface area contributed by atoms with Crippen LogP contribution in [-0.4, -0.2) is 10.9 Å². The Bertz CT molecular complexity index is 1020. The second kappa shape index (κ2) is 6.37. The summed E-state index contributed by atoms with van der Waals surface area (Å²) in [4.78, 5) is 0. The van der Waals surface area contributed by atoms with Crippen LogP contribution in [0.2, 0.25) is 0 Å². The Hall–Kier alpha value is -3.59. The molecule has 0 aliphatic heterocycles. The number of nitrogens with zero attached hydrogens (tertiary/aromatic N) is 2. The van der Waals surface area contributed by atoms with Crippen LogP contribution < -0.4 is 10.5 Å². The van der Waals surface area contributed by atoms with E-state index in [1.54, 1.807) is 18.2 Å². The van der Waals surface area contributed by atoms with Gasteiger partial charge in [-0.1, -0.05) is 11.2 Å². The summed E-state index contributed by atoms with van der Waals surface area (Å²) in [5.41, 5.74) is 10.8. The SMILES string of the molecule is N#Cc1ccc2c(c1)CCC2Oc1ccc(N)c(C(=N)c2cnoc2)c1. The van der Waals surface area contributed by atoms with Crippen molar-refractivity contribution in [1.29, 1.82) is 10.7 Å². The molecule has 128 valence electrons. The normalized spacial score (nSPS) is 15.3. The van der Waals surface area contributed by atoms with Gasteiger partial charge in [0.25, 0.3) is 0 Å². The Morgan fingerprint density at radius 2 is 2.19 bits per heavy atom. The number of nitrogens with two attached hydrogens (primary N) is 1. The number of anilines is 1. The molecule has 0 saturated carbocycles. The molecule has 0 radical (unpaired) electrons. The van der Waals surface area contributed by atoms with Crippen LogP contribution in [0, 0.1) is 16.7 Å². The van der Waals surface area contributed by atoms with E-state index in [0.29, 0.717) is 28.1 Å². The lowest BCUT2D eigenvalue weighted by molar-refractivity contribution is 0.207. The van der Waals surface area contributed by atoms with E-state index in [1.807, 2.05) is 18.2 Å². The molecule has 1 heterocycles. The Morgan fingerprint density at radius 1 is 1.31 bits per heavy atom. The molecule has 1 unspecified atom stereocenters. The highest BCUT2D eigenvalue weighted by Crippen LogP contribution is 2.36. The predicted octanol–water partition coefficient (Wildman–Crippen LogP) is 3.61. The number of nitrogen functional groups attached to an aromatic ring is 1. The van der Waals surface area contributed by atoms with Crippen LogP contribution in [-0.2, 0) is 6.42 Å². The number of aryl methyl sites for hydroxylation is 1. The molecule has 1 aliphatic carbocycles. The quantitative estimate of drug-likeness (QED) is 0.555. The minimum absolute atomic E-state index is 0.0704. The van der Waals surface area contributed by atoms with Gasteiger partial charge in [0, 0.05) is 11.3 Å². The topological polar surface area (TPSA) is 109 Å². The van der Waals surface area contributed by atoms with E-state index < -0.39 is 0 Å². The van der Waals surface area contributed by atoms with Crippen LogP contribution in [0.25, 0.3) is 0 Å². The maximum absolute atomic E-state index is 9.03. The van der Waals surface area contributed by atoms with Crippen molar-refractivity contribution in [2.24, 2.45) is 0 Å². The number of aromatic nitrogens is 1. The molecular formula is C20H16N4O2. The first kappa shape index (κ1) is 15.9. The van der Waals surface area contributed by atoms with Gasteiger partial charge in [-0.2, -0.15) is 5.26 Å². The Morgan fingerprint density at radius 3 is 2.96 bits per heavy atom. The van der Waals surface area contributed by atoms with Crippen LogP contribution >= 0.6 is 0 Å². The number of rotatable bonds is 4. The fourth-order valence-corrected chi connectivity index (χ4v) is 3.24. The van der Waals surface area contributed by atoms with Gasteiger partial charge in [0.05, 0.1) is 29.1 Å². The van der Waals surface area contributed by atoms with Crippen molar-refractivity contribution in [3.05, 3.63) is 76.7 Å².